The van der Waals surface area contributed by atoms with Crippen LogP contribution >= 0.6 is 0 Å². The quantitative estimate of drug-likeness (QED) is 0.101. The second-order valence-corrected chi connectivity index (χ2v) is 14.6. The fourth-order valence-corrected chi connectivity index (χ4v) is 7.30. The van der Waals surface area contributed by atoms with Crippen molar-refractivity contribution in [2.24, 2.45) is 5.92 Å². The molecule has 6 nitrogen and oxygen atoms in total. The highest BCUT2D eigenvalue weighted by atomic mass is 32.2. The molecule has 4 rings (SSSR count). The Kier molecular flexibility index (Phi) is 11.9. The predicted molar refractivity (Wildman–Crippen MR) is 159 cm³/mol. The Morgan fingerprint density at radius 1 is 0.818 bits per heavy atom. The van der Waals surface area contributed by atoms with Gasteiger partial charge in [0.25, 0.3) is 0 Å². The number of halogens is 4. The van der Waals surface area contributed by atoms with Crippen LogP contribution in [0, 0.1) is 5.92 Å². The molecule has 0 heterocycles. The molecule has 0 aliphatic heterocycles. The van der Waals surface area contributed by atoms with Gasteiger partial charge in [-0.25, -0.2) is 13.2 Å². The Morgan fingerprint density at radius 3 is 1.77 bits per heavy atom. The molecule has 0 N–H and O–H groups in total. The first-order valence-electron chi connectivity index (χ1n) is 14.0. The van der Waals surface area contributed by atoms with E-state index in [0.29, 0.717) is 25.0 Å². The van der Waals surface area contributed by atoms with Crippen molar-refractivity contribution in [2.45, 2.75) is 84.3 Å². The monoisotopic (exact) mass is 656 g/mol. The third kappa shape index (κ3) is 9.21. The predicted octanol–water partition coefficient (Wildman–Crippen LogP) is 7.84. The molecule has 1 aliphatic rings. The molecule has 0 atom stereocenters. The van der Waals surface area contributed by atoms with E-state index in [9.17, 15) is 35.3 Å². The molecule has 3 aromatic carbocycles. The largest absolute Gasteiger partial charge is 0.743 e. The van der Waals surface area contributed by atoms with Gasteiger partial charge in [-0.15, -0.1) is 0 Å². The van der Waals surface area contributed by atoms with E-state index in [2.05, 4.69) is 30.3 Å². The van der Waals surface area contributed by atoms with E-state index >= 15 is 0 Å². The summed E-state index contributed by atoms with van der Waals surface area (Å²) in [5.41, 5.74) is -0.529. The highest BCUT2D eigenvalue weighted by Gasteiger charge is 2.65. The molecule has 1 fully saturated rings. The first-order valence-corrected chi connectivity index (χ1v) is 16.7. The zero-order valence-electron chi connectivity index (χ0n) is 24.7. The van der Waals surface area contributed by atoms with Gasteiger partial charge in [-0.05, 0) is 70.0 Å². The normalized spacial score (nSPS) is 14.8. The van der Waals surface area contributed by atoms with Crippen molar-refractivity contribution >= 4 is 27.0 Å². The van der Waals surface area contributed by atoms with Crippen molar-refractivity contribution in [3.8, 4) is 5.75 Å². The molecule has 12 heteroatoms. The van der Waals surface area contributed by atoms with Gasteiger partial charge in [0.1, 0.15) is 16.5 Å². The van der Waals surface area contributed by atoms with Gasteiger partial charge in [0, 0.05) is 5.92 Å². The molecule has 0 amide bonds. The lowest BCUT2D eigenvalue weighted by Crippen LogP contribution is -2.51. The van der Waals surface area contributed by atoms with Crippen molar-refractivity contribution < 1.29 is 44.8 Å². The lowest BCUT2D eigenvalue weighted by Gasteiger charge is -2.35. The maximum atomic E-state index is 13.3. The molecule has 240 valence electrons. The average molecular weight is 657 g/mol. The van der Waals surface area contributed by atoms with Crippen molar-refractivity contribution in [1.82, 2.24) is 0 Å². The van der Waals surface area contributed by atoms with Gasteiger partial charge in [-0.1, -0.05) is 67.8 Å². The van der Waals surface area contributed by atoms with Gasteiger partial charge in [-0.3, -0.25) is 0 Å². The number of hydrogen-bond donors (Lipinski definition) is 0. The van der Waals surface area contributed by atoms with Gasteiger partial charge in [0.15, 0.2) is 32.3 Å². The molecular weight excluding hydrogens is 620 g/mol. The zero-order chi connectivity index (χ0) is 32.6. The van der Waals surface area contributed by atoms with Gasteiger partial charge in [0.05, 0.1) is 0 Å². The second kappa shape index (κ2) is 14.8. The minimum absolute atomic E-state index is 0.116. The summed E-state index contributed by atoms with van der Waals surface area (Å²) in [5, 5.41) is -5.53. The third-order valence-electron chi connectivity index (χ3n) is 6.61. The van der Waals surface area contributed by atoms with Crippen molar-refractivity contribution in [2.75, 3.05) is 6.61 Å². The summed E-state index contributed by atoms with van der Waals surface area (Å²) in [6, 6.07) is 28.6. The van der Waals surface area contributed by atoms with Gasteiger partial charge >= 0.3 is 17.1 Å². The number of para-hydroxylation sites is 1. The number of benzene rings is 3. The fourth-order valence-electron chi connectivity index (χ4n) is 4.62. The van der Waals surface area contributed by atoms with Crippen LogP contribution in [0.4, 0.5) is 17.6 Å². The molecule has 1 saturated carbocycles. The van der Waals surface area contributed by atoms with Crippen molar-refractivity contribution in [3.05, 3.63) is 84.9 Å². The van der Waals surface area contributed by atoms with Crippen LogP contribution in [0.25, 0.3) is 0 Å². The molecule has 3 aromatic rings. The highest BCUT2D eigenvalue weighted by molar-refractivity contribution is 7.97. The molecule has 0 unspecified atom stereocenters. The van der Waals surface area contributed by atoms with Crippen LogP contribution in [0.1, 0.15) is 52.9 Å². The molecule has 0 aromatic heterocycles. The molecule has 0 radical (unpaired) electrons. The SMILES string of the molecule is CC(C)(C)OC(=O)COc1ccccc1[S+](c1ccccc1)c1ccccc1.O=S(=O)([O-])C(F)(F)C(F)(F)C1CCCCC1. The number of rotatable bonds is 9. The van der Waals surface area contributed by atoms with Crippen molar-refractivity contribution in [1.29, 1.82) is 0 Å². The lowest BCUT2D eigenvalue weighted by atomic mass is 9.84. The fraction of sp³-hybridized carbons (Fsp3) is 0.406. The average Bonchev–Trinajstić information content (AvgIpc) is 2.97. The topological polar surface area (TPSA) is 92.7 Å². The number of hydrogen-bond acceptors (Lipinski definition) is 6. The van der Waals surface area contributed by atoms with Crippen LogP contribution in [0.5, 0.6) is 5.75 Å². The standard InChI is InChI=1S/C24H25O3S.C8H12F4O3S/c1-24(2,3)27-23(25)18-26-21-16-10-11-17-22(21)28(19-12-6-4-7-13-19)20-14-8-5-9-15-20;9-7(10,6-4-2-1-3-5-6)8(11,12)16(13,14)15/h4-17H,18H2,1-3H3;6H,1-5H2,(H,13,14,15)/q+1;/p-1. The molecule has 44 heavy (non-hydrogen) atoms. The Balaban J connectivity index is 0.000000281. The van der Waals surface area contributed by atoms with Crippen LogP contribution in [-0.4, -0.2) is 42.3 Å². The van der Waals surface area contributed by atoms with Crippen LogP contribution in [0.2, 0.25) is 0 Å². The maximum absolute atomic E-state index is 13.3. The van der Waals surface area contributed by atoms with E-state index < -0.39 is 32.8 Å². The smallest absolute Gasteiger partial charge is 0.396 e. The van der Waals surface area contributed by atoms with Gasteiger partial charge in [-0.2, -0.15) is 17.6 Å². The number of ether oxygens (including phenoxy) is 2. The first kappa shape index (κ1) is 35.4. The number of carbonyl (C=O) groups is 1. The van der Waals surface area contributed by atoms with E-state index in [1.165, 1.54) is 9.79 Å². The number of alkyl halides is 4. The summed E-state index contributed by atoms with van der Waals surface area (Å²) in [5.74, 6) is -6.19. The maximum Gasteiger partial charge on any atom is 0.396 e. The Morgan fingerprint density at radius 2 is 1.30 bits per heavy atom. The summed E-state index contributed by atoms with van der Waals surface area (Å²) in [6.45, 7) is 5.43. The zero-order valence-corrected chi connectivity index (χ0v) is 26.3. The third-order valence-corrected chi connectivity index (χ3v) is 9.78. The van der Waals surface area contributed by atoms with E-state index in [4.69, 9.17) is 9.47 Å². The Hall–Kier alpha value is -3.09. The summed E-state index contributed by atoms with van der Waals surface area (Å²) < 4.78 is 93.9. The summed E-state index contributed by atoms with van der Waals surface area (Å²) in [6.07, 6.45) is 0.975. The summed E-state index contributed by atoms with van der Waals surface area (Å²) in [7, 11) is -6.68. The minimum atomic E-state index is -6.34. The van der Waals surface area contributed by atoms with Crippen LogP contribution in [0.15, 0.2) is 99.6 Å². The summed E-state index contributed by atoms with van der Waals surface area (Å²) >= 11 is 0. The second-order valence-electron chi connectivity index (χ2n) is 11.2. The van der Waals surface area contributed by atoms with E-state index in [-0.39, 0.29) is 36.3 Å². The van der Waals surface area contributed by atoms with Gasteiger partial charge in [0.2, 0.25) is 4.90 Å². The van der Waals surface area contributed by atoms with E-state index in [0.717, 1.165) is 4.90 Å². The molecule has 0 saturated heterocycles. The van der Waals surface area contributed by atoms with E-state index in [1.807, 2.05) is 75.4 Å². The highest BCUT2D eigenvalue weighted by Crippen LogP contribution is 2.48. The molecule has 1 aliphatic carbocycles. The number of esters is 1. The first-order chi connectivity index (χ1) is 20.5. The van der Waals surface area contributed by atoms with Crippen LogP contribution in [-0.2, 0) is 30.5 Å². The molecule has 0 spiro atoms. The molecular formula is C32H36F4O6S2. The lowest BCUT2D eigenvalue weighted by molar-refractivity contribution is -0.198. The molecule has 0 bridgehead atoms. The van der Waals surface area contributed by atoms with Crippen LogP contribution < -0.4 is 4.74 Å². The Labute approximate surface area is 258 Å². The Bertz CT molecular complexity index is 1420. The van der Waals surface area contributed by atoms with Crippen molar-refractivity contribution in [3.63, 3.8) is 0 Å². The minimum Gasteiger partial charge on any atom is -0.743 e. The van der Waals surface area contributed by atoms with E-state index in [1.54, 1.807) is 0 Å². The summed E-state index contributed by atoms with van der Waals surface area (Å²) in [4.78, 5) is 15.5. The van der Waals surface area contributed by atoms with Gasteiger partial charge < -0.3 is 14.0 Å². The van der Waals surface area contributed by atoms with Crippen LogP contribution in [0.3, 0.4) is 0 Å². The number of carbonyl (C=O) groups excluding carboxylic acids is 1.